The molecule has 0 fully saturated rings. The summed E-state index contributed by atoms with van der Waals surface area (Å²) in [6.07, 6.45) is 4.11. The second-order valence-corrected chi connectivity index (χ2v) is 8.31. The van der Waals surface area contributed by atoms with Gasteiger partial charge in [-0.15, -0.1) is 0 Å². The lowest BCUT2D eigenvalue weighted by atomic mass is 10.1. The van der Waals surface area contributed by atoms with E-state index in [0.717, 1.165) is 10.6 Å². The fourth-order valence-electron chi connectivity index (χ4n) is 3.51. The number of Topliss-reactive ketones (excluding diaryl/α,β-unsaturated/α-hetero) is 1. The SMILES string of the molecule is O=C(Cc1ccc2nc(C(=O)O)cn2c1)Cn1cc(Cl)c(-c2cc(Cl)ccc2OC(F)F)cc1=O. The lowest BCUT2D eigenvalue weighted by Crippen LogP contribution is -2.24. The molecule has 0 aliphatic heterocycles. The summed E-state index contributed by atoms with van der Waals surface area (Å²) in [5.74, 6) is -1.70. The lowest BCUT2D eigenvalue weighted by molar-refractivity contribution is -0.119. The Balaban J connectivity index is 1.56. The van der Waals surface area contributed by atoms with Gasteiger partial charge in [-0.2, -0.15) is 8.78 Å². The summed E-state index contributed by atoms with van der Waals surface area (Å²) in [5, 5.41) is 9.30. The Bertz CT molecular complexity index is 1520. The molecule has 3 heterocycles. The Hall–Kier alpha value is -3.76. The van der Waals surface area contributed by atoms with Crippen molar-refractivity contribution in [2.75, 3.05) is 0 Å². The number of hydrogen-bond donors (Lipinski definition) is 1. The summed E-state index contributed by atoms with van der Waals surface area (Å²) >= 11 is 12.3. The molecule has 0 radical (unpaired) electrons. The maximum absolute atomic E-state index is 12.8. The molecule has 12 heteroatoms. The molecule has 0 bridgehead atoms. The van der Waals surface area contributed by atoms with Gasteiger partial charge in [0.1, 0.15) is 11.4 Å². The van der Waals surface area contributed by atoms with E-state index in [-0.39, 0.29) is 51.4 Å². The van der Waals surface area contributed by atoms with E-state index < -0.39 is 18.1 Å². The summed E-state index contributed by atoms with van der Waals surface area (Å²) in [5.41, 5.74) is 0.508. The van der Waals surface area contributed by atoms with Crippen LogP contribution in [-0.4, -0.2) is 37.4 Å². The molecule has 0 spiro atoms. The monoisotopic (exact) mass is 521 g/mol. The van der Waals surface area contributed by atoms with Gasteiger partial charge in [0.15, 0.2) is 11.5 Å². The van der Waals surface area contributed by atoms with E-state index in [1.807, 2.05) is 0 Å². The van der Waals surface area contributed by atoms with Gasteiger partial charge >= 0.3 is 12.6 Å². The number of hydrogen-bond acceptors (Lipinski definition) is 5. The number of nitrogens with zero attached hydrogens (tertiary/aromatic N) is 3. The summed E-state index contributed by atoms with van der Waals surface area (Å²) in [6.45, 7) is -3.39. The molecular weight excluding hydrogens is 507 g/mol. The summed E-state index contributed by atoms with van der Waals surface area (Å²) in [7, 11) is 0. The van der Waals surface area contributed by atoms with E-state index in [4.69, 9.17) is 28.3 Å². The number of aromatic carboxylic acids is 1. The van der Waals surface area contributed by atoms with Crippen LogP contribution in [0.1, 0.15) is 16.1 Å². The number of carboxylic acid groups (broad SMARTS) is 1. The number of halogens is 4. The molecule has 8 nitrogen and oxygen atoms in total. The van der Waals surface area contributed by atoms with Gasteiger partial charge in [0, 0.05) is 47.2 Å². The molecule has 35 heavy (non-hydrogen) atoms. The van der Waals surface area contributed by atoms with E-state index in [2.05, 4.69) is 9.72 Å². The van der Waals surface area contributed by atoms with Crippen LogP contribution < -0.4 is 10.3 Å². The van der Waals surface area contributed by atoms with E-state index in [9.17, 15) is 23.2 Å². The fraction of sp³-hybridized carbons (Fsp3) is 0.130. The Morgan fingerprint density at radius 2 is 1.83 bits per heavy atom. The predicted octanol–water partition coefficient (Wildman–Crippen LogP) is 4.58. The maximum Gasteiger partial charge on any atom is 0.387 e. The number of carbonyl (C=O) groups is 2. The maximum atomic E-state index is 12.8. The quantitative estimate of drug-likeness (QED) is 0.364. The van der Waals surface area contributed by atoms with Gasteiger partial charge in [0.05, 0.1) is 11.6 Å². The van der Waals surface area contributed by atoms with Crippen molar-refractivity contribution in [2.24, 2.45) is 0 Å². The first-order chi connectivity index (χ1) is 16.6. The van der Waals surface area contributed by atoms with E-state index in [1.165, 1.54) is 35.0 Å². The third-order valence-corrected chi connectivity index (χ3v) is 5.54. The number of carbonyl (C=O) groups excluding carboxylic acids is 1. The largest absolute Gasteiger partial charge is 0.476 e. The normalized spacial score (nSPS) is 11.2. The molecule has 180 valence electrons. The standard InChI is InChI=1S/C23H15Cl2F2N3O5/c24-13-2-3-19(35-23(26)27)16(6-13)15-7-21(32)30(10-17(15)25)9-14(31)5-12-1-4-20-28-18(22(33)34)11-29(20)8-12/h1-4,6-8,10-11,23H,5,9H2,(H,33,34). The van der Waals surface area contributed by atoms with E-state index in [1.54, 1.807) is 18.3 Å². The predicted molar refractivity (Wildman–Crippen MR) is 124 cm³/mol. The smallest absolute Gasteiger partial charge is 0.387 e. The highest BCUT2D eigenvalue weighted by molar-refractivity contribution is 6.34. The number of imidazole rings is 1. The van der Waals surface area contributed by atoms with Crippen LogP contribution in [0.4, 0.5) is 8.78 Å². The van der Waals surface area contributed by atoms with E-state index in [0.29, 0.717) is 11.2 Å². The Morgan fingerprint density at radius 1 is 1.06 bits per heavy atom. The van der Waals surface area contributed by atoms with Crippen molar-refractivity contribution in [3.05, 3.63) is 86.6 Å². The Morgan fingerprint density at radius 3 is 2.54 bits per heavy atom. The second kappa shape index (κ2) is 9.85. The first-order valence-corrected chi connectivity index (χ1v) is 10.7. The number of ether oxygens (including phenoxy) is 1. The molecule has 4 aromatic rings. The van der Waals surface area contributed by atoms with Gasteiger partial charge in [-0.1, -0.05) is 29.3 Å². The zero-order valence-electron chi connectivity index (χ0n) is 17.6. The molecule has 4 rings (SSSR count). The highest BCUT2D eigenvalue weighted by Gasteiger charge is 2.17. The summed E-state index contributed by atoms with van der Waals surface area (Å²) in [6, 6.07) is 8.28. The van der Waals surface area contributed by atoms with Crippen LogP contribution in [0.2, 0.25) is 10.0 Å². The lowest BCUT2D eigenvalue weighted by Gasteiger charge is -2.14. The first-order valence-electron chi connectivity index (χ1n) is 9.98. The average Bonchev–Trinajstić information content (AvgIpc) is 3.21. The topological polar surface area (TPSA) is 103 Å². The van der Waals surface area contributed by atoms with Crippen LogP contribution in [0.3, 0.4) is 0 Å². The van der Waals surface area contributed by atoms with Crippen molar-refractivity contribution in [2.45, 2.75) is 19.6 Å². The third kappa shape index (κ3) is 5.50. The van der Waals surface area contributed by atoms with Gasteiger partial charge in [-0.25, -0.2) is 9.78 Å². The first kappa shape index (κ1) is 24.4. The van der Waals surface area contributed by atoms with Gasteiger partial charge in [-0.3, -0.25) is 9.59 Å². The molecule has 0 amide bonds. The van der Waals surface area contributed by atoms with Gasteiger partial charge < -0.3 is 18.8 Å². The van der Waals surface area contributed by atoms with Crippen LogP contribution >= 0.6 is 23.2 Å². The number of carboxylic acids is 1. The number of alkyl halides is 2. The second-order valence-electron chi connectivity index (χ2n) is 7.47. The van der Waals surface area contributed by atoms with Crippen molar-refractivity contribution in [1.82, 2.24) is 14.0 Å². The Kier molecular flexibility index (Phi) is 6.86. The number of fused-ring (bicyclic) bond motifs is 1. The van der Waals surface area contributed by atoms with Crippen LogP contribution in [0.15, 0.2) is 59.8 Å². The minimum atomic E-state index is -3.09. The third-order valence-electron chi connectivity index (χ3n) is 5.00. The number of ketones is 1. The number of pyridine rings is 2. The molecule has 1 aromatic carbocycles. The van der Waals surface area contributed by atoms with Crippen molar-refractivity contribution in [3.8, 4) is 16.9 Å². The summed E-state index contributed by atoms with van der Waals surface area (Å²) in [4.78, 5) is 40.3. The van der Waals surface area contributed by atoms with E-state index >= 15 is 0 Å². The van der Waals surface area contributed by atoms with Crippen LogP contribution in [0.5, 0.6) is 5.75 Å². The highest BCUT2D eigenvalue weighted by atomic mass is 35.5. The molecule has 0 unspecified atom stereocenters. The minimum Gasteiger partial charge on any atom is -0.476 e. The van der Waals surface area contributed by atoms with Gasteiger partial charge in [0.25, 0.3) is 5.56 Å². The zero-order chi connectivity index (χ0) is 25.3. The molecule has 0 aliphatic carbocycles. The number of rotatable bonds is 8. The molecule has 3 aromatic heterocycles. The molecule has 0 saturated carbocycles. The van der Waals surface area contributed by atoms with Crippen LogP contribution in [-0.2, 0) is 17.8 Å². The summed E-state index contributed by atoms with van der Waals surface area (Å²) < 4.78 is 32.7. The van der Waals surface area contributed by atoms with Crippen molar-refractivity contribution < 1.29 is 28.2 Å². The van der Waals surface area contributed by atoms with Crippen molar-refractivity contribution in [1.29, 1.82) is 0 Å². The van der Waals surface area contributed by atoms with Gasteiger partial charge in [-0.05, 0) is 29.8 Å². The van der Waals surface area contributed by atoms with Gasteiger partial charge in [0.2, 0.25) is 0 Å². The highest BCUT2D eigenvalue weighted by Crippen LogP contribution is 2.36. The molecule has 0 aliphatic rings. The van der Waals surface area contributed by atoms with Crippen LogP contribution in [0, 0.1) is 0 Å². The van der Waals surface area contributed by atoms with Crippen LogP contribution in [0.25, 0.3) is 16.8 Å². The average molecular weight is 522 g/mol. The Labute approximate surface area is 205 Å². The number of benzene rings is 1. The molecule has 0 saturated heterocycles. The molecular formula is C23H15Cl2F2N3O5. The van der Waals surface area contributed by atoms with Crippen molar-refractivity contribution >= 4 is 40.6 Å². The zero-order valence-corrected chi connectivity index (χ0v) is 19.1. The molecule has 0 atom stereocenters. The number of aromatic nitrogens is 3. The van der Waals surface area contributed by atoms with Crippen molar-refractivity contribution in [3.63, 3.8) is 0 Å². The fourth-order valence-corrected chi connectivity index (χ4v) is 3.95. The minimum absolute atomic E-state index is 0.0276. The molecule has 1 N–H and O–H groups in total.